The Bertz CT molecular complexity index is 11.6. The summed E-state index contributed by atoms with van der Waals surface area (Å²) in [5.41, 5.74) is 0. The Hall–Kier alpha value is 2.76. The van der Waals surface area contributed by atoms with Crippen LogP contribution >= 0.6 is 47.3 Å². The molecule has 0 amide bonds. The molecule has 0 atom stereocenters. The first-order chi connectivity index (χ1) is 1.73. The normalized spacial score (nSPS) is 5.40. The molecular weight excluding hydrogens is 290 g/mol. The zero-order valence-electron chi connectivity index (χ0n) is 2.06. The molecule has 0 aliphatic heterocycles. The van der Waals surface area contributed by atoms with Crippen molar-refractivity contribution in [2.24, 2.45) is 0 Å². The zero-order chi connectivity index (χ0) is 3.58. The second-order valence-electron chi connectivity index (χ2n) is 0.247. The zero-order valence-corrected chi connectivity index (χ0v) is 7.53. The Labute approximate surface area is 86.4 Å². The first kappa shape index (κ1) is 10.7. The fraction of sp³-hybridized carbons (Fsp3) is 0. The van der Waals surface area contributed by atoms with E-state index in [1.165, 1.54) is 0 Å². The van der Waals surface area contributed by atoms with Crippen molar-refractivity contribution in [2.45, 2.75) is 0 Å². The van der Waals surface area contributed by atoms with Gasteiger partial charge in [-0.15, -0.1) is 47.3 Å². The third-order valence-corrected chi connectivity index (χ3v) is 0. The van der Waals surface area contributed by atoms with Crippen LogP contribution in [0.5, 0.6) is 0 Å². The molecule has 0 unspecified atom stereocenters. The summed E-state index contributed by atoms with van der Waals surface area (Å²) in [7, 11) is 0. The molecule has 0 aromatic heterocycles. The summed E-state index contributed by atoms with van der Waals surface area (Å²) in [4.78, 5) is 0. The smallest absolute Gasteiger partial charge is 0.123 e. The minimum absolute atomic E-state index is 0. The summed E-state index contributed by atoms with van der Waals surface area (Å²) in [5.74, 6) is 0. The van der Waals surface area contributed by atoms with Crippen molar-refractivity contribution in [1.29, 1.82) is 0 Å². The molecule has 0 radical (unpaired) electrons. The molecule has 32 valence electrons. The number of halogens is 3. The summed E-state index contributed by atoms with van der Waals surface area (Å²) in [6, 6.07) is 0. The van der Waals surface area contributed by atoms with Crippen LogP contribution in [0.2, 0.25) is 0 Å². The molecule has 0 N–H and O–H groups in total. The van der Waals surface area contributed by atoms with Crippen LogP contribution in [0, 0.1) is 37.7 Å². The average molecular weight is 290 g/mol. The SMILES string of the molecule is BrB(Br)Br.[Ar]. The van der Waals surface area contributed by atoms with Crippen LogP contribution in [0.15, 0.2) is 0 Å². The summed E-state index contributed by atoms with van der Waals surface area (Å²) >= 11 is 9.31. The Balaban J connectivity index is 0. The van der Waals surface area contributed by atoms with Gasteiger partial charge in [-0.3, -0.25) is 0 Å². The Morgan fingerprint density at radius 3 is 1.00 bits per heavy atom. The van der Waals surface area contributed by atoms with Crippen molar-refractivity contribution in [3.63, 3.8) is 0 Å². The maximum absolute atomic E-state index is 3.10. The van der Waals surface area contributed by atoms with Crippen molar-refractivity contribution in [1.82, 2.24) is 0 Å². The summed E-state index contributed by atoms with van der Waals surface area (Å²) in [6.07, 6.45) is 0. The van der Waals surface area contributed by atoms with E-state index in [0.29, 0.717) is 0 Å². The van der Waals surface area contributed by atoms with E-state index < -0.39 is 0 Å². The van der Waals surface area contributed by atoms with Crippen LogP contribution < -0.4 is 0 Å². The molecule has 0 heterocycles. The van der Waals surface area contributed by atoms with Crippen molar-refractivity contribution < 1.29 is 37.7 Å². The maximum Gasteiger partial charge on any atom is 0.369 e. The van der Waals surface area contributed by atoms with Crippen LogP contribution in [-0.2, 0) is 0 Å². The molecule has 0 saturated heterocycles. The fourth-order valence-electron chi connectivity index (χ4n) is 0. The predicted molar refractivity (Wildman–Crippen MR) is 32.5 cm³/mol. The van der Waals surface area contributed by atoms with Crippen LogP contribution in [0.4, 0.5) is 0 Å². The van der Waals surface area contributed by atoms with Gasteiger partial charge in [-0.25, -0.2) is 0 Å². The van der Waals surface area contributed by atoms with E-state index in [2.05, 4.69) is 47.3 Å². The third-order valence-electron chi connectivity index (χ3n) is 0. The molecule has 0 fully saturated rings. The van der Waals surface area contributed by atoms with E-state index in [-0.39, 0.29) is 40.9 Å². The van der Waals surface area contributed by atoms with Gasteiger partial charge in [0.05, 0.1) is 0 Å². The van der Waals surface area contributed by atoms with E-state index in [1.807, 2.05) is 0 Å². The van der Waals surface area contributed by atoms with Gasteiger partial charge < -0.3 is 0 Å². The predicted octanol–water partition coefficient (Wildman–Crippen LogP) is 2.16. The largest absolute Gasteiger partial charge is 0.369 e. The van der Waals surface area contributed by atoms with Gasteiger partial charge in [-0.1, -0.05) is 0 Å². The first-order valence-electron chi connectivity index (χ1n) is 0.655. The molecule has 0 aromatic carbocycles. The second-order valence-corrected chi connectivity index (χ2v) is 6.68. The number of hydrogen-bond donors (Lipinski definition) is 0. The molecule has 0 nitrogen and oxygen atoms in total. The van der Waals surface area contributed by atoms with Gasteiger partial charge in [0, 0.05) is 37.7 Å². The van der Waals surface area contributed by atoms with Crippen molar-refractivity contribution >= 4 is 50.5 Å². The van der Waals surface area contributed by atoms with E-state index in [4.69, 9.17) is 0 Å². The number of hydrogen-bond acceptors (Lipinski definition) is 0. The van der Waals surface area contributed by atoms with Gasteiger partial charge in [0.25, 0.3) is 0 Å². The quantitative estimate of drug-likeness (QED) is 0.600. The molecule has 5 heavy (non-hydrogen) atoms. The molecule has 0 aliphatic carbocycles. The van der Waals surface area contributed by atoms with Gasteiger partial charge in [-0.05, 0) is 0 Å². The topological polar surface area (TPSA) is 0 Å². The maximum atomic E-state index is 3.10. The second kappa shape index (κ2) is 6.76. The minimum atomic E-state index is 0. The molecule has 5 heteroatoms. The molecule has 0 spiro atoms. The van der Waals surface area contributed by atoms with Crippen LogP contribution in [0.1, 0.15) is 0 Å². The molecular formula is ArBBr3. The average Bonchev–Trinajstić information content (AvgIpc) is 0.811. The van der Waals surface area contributed by atoms with Gasteiger partial charge >= 0.3 is 3.18 Å². The van der Waals surface area contributed by atoms with E-state index in [9.17, 15) is 0 Å². The monoisotopic (exact) mass is 288 g/mol. The Morgan fingerprint density at radius 2 is 1.00 bits per heavy atom. The Morgan fingerprint density at radius 1 is 1.00 bits per heavy atom. The third kappa shape index (κ3) is 20.1. The summed E-state index contributed by atoms with van der Waals surface area (Å²) < 4.78 is 0.271. The number of rotatable bonds is 0. The van der Waals surface area contributed by atoms with Crippen LogP contribution in [0.3, 0.4) is 0 Å². The van der Waals surface area contributed by atoms with E-state index in [1.54, 1.807) is 0 Å². The minimum Gasteiger partial charge on any atom is -0.123 e. The van der Waals surface area contributed by atoms with Gasteiger partial charge in [0.2, 0.25) is 0 Å². The van der Waals surface area contributed by atoms with Crippen molar-refractivity contribution in [3.8, 4) is 0 Å². The van der Waals surface area contributed by atoms with E-state index >= 15 is 0 Å². The first-order valence-corrected chi connectivity index (χ1v) is 3.40. The summed E-state index contributed by atoms with van der Waals surface area (Å²) in [5, 5.41) is 0. The van der Waals surface area contributed by atoms with Crippen molar-refractivity contribution in [3.05, 3.63) is 0 Å². The summed E-state index contributed by atoms with van der Waals surface area (Å²) in [6.45, 7) is 0. The molecule has 0 rings (SSSR count). The molecule has 0 aromatic rings. The van der Waals surface area contributed by atoms with E-state index in [0.717, 1.165) is 0 Å². The van der Waals surface area contributed by atoms with Crippen LogP contribution in [-0.4, -0.2) is 3.18 Å². The van der Waals surface area contributed by atoms with Crippen molar-refractivity contribution in [2.75, 3.05) is 0 Å². The van der Waals surface area contributed by atoms with Gasteiger partial charge in [-0.2, -0.15) is 0 Å². The van der Waals surface area contributed by atoms with Gasteiger partial charge in [0.1, 0.15) is 0 Å². The fourth-order valence-corrected chi connectivity index (χ4v) is 0. The molecule has 0 aliphatic rings. The van der Waals surface area contributed by atoms with Gasteiger partial charge in [0.15, 0.2) is 0 Å². The molecule has 0 bridgehead atoms. The Kier molecular flexibility index (Phi) is 14.5. The molecule has 0 saturated carbocycles. The van der Waals surface area contributed by atoms with Crippen LogP contribution in [0.25, 0.3) is 0 Å². The standard InChI is InChI=1S/Ar.BBr3/c;2-1(3)4.